The summed E-state index contributed by atoms with van der Waals surface area (Å²) >= 11 is 0. The van der Waals surface area contributed by atoms with Crippen LogP contribution in [0, 0.1) is 5.92 Å². The molecule has 1 aliphatic heterocycles. The number of phenols is 3. The molecule has 4 N–H and O–H groups in total. The van der Waals surface area contributed by atoms with E-state index in [9.17, 15) is 30.0 Å². The van der Waals surface area contributed by atoms with Crippen molar-refractivity contribution in [2.24, 2.45) is 5.92 Å². The highest BCUT2D eigenvalue weighted by Gasteiger charge is 2.35. The molecule has 0 saturated carbocycles. The molecule has 0 bridgehead atoms. The van der Waals surface area contributed by atoms with Crippen molar-refractivity contribution in [2.45, 2.75) is 26.2 Å². The van der Waals surface area contributed by atoms with E-state index >= 15 is 0 Å². The summed E-state index contributed by atoms with van der Waals surface area (Å²) in [5.41, 5.74) is 0.0940. The summed E-state index contributed by atoms with van der Waals surface area (Å²) in [5.74, 6) is -2.89. The molecule has 0 fully saturated rings. The number of carbonyl (C=O) groups is 1. The maximum absolute atomic E-state index is 13.2. The van der Waals surface area contributed by atoms with Crippen LogP contribution in [0.4, 0.5) is 0 Å². The van der Waals surface area contributed by atoms with Gasteiger partial charge in [0.2, 0.25) is 11.2 Å². The summed E-state index contributed by atoms with van der Waals surface area (Å²) in [6.45, 7) is 4.46. The number of para-hydroxylation sites is 1. The molecule has 3 aromatic carbocycles. The average Bonchev–Trinajstić information content (AvgIpc) is 2.85. The van der Waals surface area contributed by atoms with Gasteiger partial charge in [-0.15, -0.1) is 0 Å². The molecule has 0 amide bonds. The third-order valence-corrected chi connectivity index (χ3v) is 6.17. The fraction of sp³-hybridized carbons (Fsp3) is 0.214. The van der Waals surface area contributed by atoms with Crippen molar-refractivity contribution in [1.29, 1.82) is 0 Å². The molecule has 0 radical (unpaired) electrons. The van der Waals surface area contributed by atoms with Gasteiger partial charge < -0.3 is 34.3 Å². The molecule has 4 aromatic rings. The van der Waals surface area contributed by atoms with E-state index in [1.54, 1.807) is 18.2 Å². The fourth-order valence-corrected chi connectivity index (χ4v) is 4.46. The van der Waals surface area contributed by atoms with Crippen LogP contribution < -0.4 is 14.9 Å². The molecular weight excluding hydrogens is 480 g/mol. The Labute approximate surface area is 210 Å². The molecule has 37 heavy (non-hydrogen) atoms. The largest absolute Gasteiger partial charge is 0.507 e. The number of aromatic hydroxyl groups is 4. The quantitative estimate of drug-likeness (QED) is 0.172. The van der Waals surface area contributed by atoms with E-state index in [2.05, 4.69) is 0 Å². The van der Waals surface area contributed by atoms with Crippen LogP contribution in [0.1, 0.15) is 37.3 Å². The summed E-state index contributed by atoms with van der Waals surface area (Å²) < 4.78 is 17.5. The van der Waals surface area contributed by atoms with Gasteiger partial charge in [0, 0.05) is 28.7 Å². The van der Waals surface area contributed by atoms with Gasteiger partial charge in [-0.25, -0.2) is 0 Å². The lowest BCUT2D eigenvalue weighted by Gasteiger charge is -2.27. The molecule has 9 heteroatoms. The topological polar surface area (TPSA) is 147 Å². The lowest BCUT2D eigenvalue weighted by atomic mass is 9.84. The average molecular weight is 504 g/mol. The predicted molar refractivity (Wildman–Crippen MR) is 133 cm³/mol. The molecular formula is C28H24O9. The van der Waals surface area contributed by atoms with Crippen LogP contribution in [0.5, 0.6) is 34.5 Å². The minimum atomic E-state index is -0.913. The molecule has 5 rings (SSSR count). The summed E-state index contributed by atoms with van der Waals surface area (Å²) in [5, 5.41) is 40.7. The molecule has 1 atom stereocenters. The van der Waals surface area contributed by atoms with E-state index in [4.69, 9.17) is 13.9 Å². The Hall–Kier alpha value is -4.66. The van der Waals surface area contributed by atoms with Crippen LogP contribution in [0.3, 0.4) is 0 Å². The monoisotopic (exact) mass is 504 g/mol. The summed E-state index contributed by atoms with van der Waals surface area (Å²) in [6.07, 6.45) is -0.0884. The summed E-state index contributed by atoms with van der Waals surface area (Å²) in [7, 11) is 0. The third kappa shape index (κ3) is 4.18. The first-order valence-electron chi connectivity index (χ1n) is 11.7. The molecule has 0 aliphatic carbocycles. The van der Waals surface area contributed by atoms with E-state index in [0.717, 1.165) is 12.1 Å². The molecule has 9 nitrogen and oxygen atoms in total. The van der Waals surface area contributed by atoms with Crippen molar-refractivity contribution in [3.63, 3.8) is 0 Å². The van der Waals surface area contributed by atoms with Crippen LogP contribution >= 0.6 is 0 Å². The van der Waals surface area contributed by atoms with Crippen molar-refractivity contribution >= 4 is 16.9 Å². The number of ether oxygens (including phenoxy) is 2. The second-order valence-corrected chi connectivity index (χ2v) is 9.30. The Balaban J connectivity index is 1.80. The molecule has 2 heterocycles. The summed E-state index contributed by atoms with van der Waals surface area (Å²) in [4.78, 5) is 25.8. The van der Waals surface area contributed by atoms with E-state index in [1.165, 1.54) is 12.1 Å². The molecule has 1 aliphatic rings. The zero-order chi connectivity index (χ0) is 26.4. The third-order valence-electron chi connectivity index (χ3n) is 6.17. The van der Waals surface area contributed by atoms with Gasteiger partial charge in [0.1, 0.15) is 28.2 Å². The van der Waals surface area contributed by atoms with Gasteiger partial charge in [0.15, 0.2) is 17.3 Å². The number of rotatable bonds is 5. The number of phenolic OH excluding ortho intramolecular Hbond substituents is 3. The van der Waals surface area contributed by atoms with Crippen molar-refractivity contribution in [3.8, 4) is 45.8 Å². The van der Waals surface area contributed by atoms with Gasteiger partial charge in [-0.05, 0) is 30.2 Å². The van der Waals surface area contributed by atoms with Crippen LogP contribution in [0.25, 0.3) is 22.3 Å². The SMILES string of the molecule is CC(C)COc1ccccc1C1CC(=O)Oc2cc(O)c3c(=O)c(O)c(-c4ccc(O)c(O)c4)oc3c21. The van der Waals surface area contributed by atoms with Crippen LogP contribution in [0.15, 0.2) is 57.7 Å². The van der Waals surface area contributed by atoms with Gasteiger partial charge in [0.05, 0.1) is 13.0 Å². The molecule has 190 valence electrons. The predicted octanol–water partition coefficient (Wildman–Crippen LogP) is 4.76. The molecule has 1 aromatic heterocycles. The lowest BCUT2D eigenvalue weighted by Crippen LogP contribution is -2.22. The number of benzene rings is 3. The number of fused-ring (bicyclic) bond motifs is 3. The highest BCUT2D eigenvalue weighted by atomic mass is 16.5. The standard InChI is InChI=1S/C28H24O9/c1-13(2)12-35-20-6-4-3-5-15(20)16-10-22(32)36-21-11-19(31)24-25(33)26(34)27(37-28(24)23(16)21)14-7-8-17(29)18(30)9-14/h3-9,11,13,16,29-31,34H,10,12H2,1-2H3. The second-order valence-electron chi connectivity index (χ2n) is 9.30. The number of hydrogen-bond acceptors (Lipinski definition) is 9. The Kier molecular flexibility index (Phi) is 5.91. The van der Waals surface area contributed by atoms with Crippen molar-refractivity contribution in [3.05, 3.63) is 69.9 Å². The minimum Gasteiger partial charge on any atom is -0.507 e. The Morgan fingerprint density at radius 3 is 2.46 bits per heavy atom. The smallest absolute Gasteiger partial charge is 0.312 e. The second kappa shape index (κ2) is 9.09. The highest BCUT2D eigenvalue weighted by Crippen LogP contribution is 2.48. The van der Waals surface area contributed by atoms with Crippen LogP contribution in [-0.4, -0.2) is 33.0 Å². The first-order valence-corrected chi connectivity index (χ1v) is 11.7. The Morgan fingerprint density at radius 2 is 1.73 bits per heavy atom. The van der Waals surface area contributed by atoms with Gasteiger partial charge >= 0.3 is 5.97 Å². The number of esters is 1. The van der Waals surface area contributed by atoms with Crippen LogP contribution in [0.2, 0.25) is 0 Å². The lowest BCUT2D eigenvalue weighted by molar-refractivity contribution is -0.135. The van der Waals surface area contributed by atoms with Gasteiger partial charge in [0.25, 0.3) is 0 Å². The maximum atomic E-state index is 13.2. The number of hydrogen-bond donors (Lipinski definition) is 4. The zero-order valence-electron chi connectivity index (χ0n) is 20.0. The van der Waals surface area contributed by atoms with E-state index in [0.29, 0.717) is 23.5 Å². The Bertz CT molecular complexity index is 1600. The van der Waals surface area contributed by atoms with Gasteiger partial charge in [-0.3, -0.25) is 9.59 Å². The first-order chi connectivity index (χ1) is 17.7. The van der Waals surface area contributed by atoms with Crippen molar-refractivity contribution < 1.29 is 39.1 Å². The van der Waals surface area contributed by atoms with E-state index in [-0.39, 0.29) is 40.4 Å². The van der Waals surface area contributed by atoms with Crippen molar-refractivity contribution in [1.82, 2.24) is 0 Å². The maximum Gasteiger partial charge on any atom is 0.312 e. The van der Waals surface area contributed by atoms with Gasteiger partial charge in [-0.2, -0.15) is 0 Å². The molecule has 0 saturated heterocycles. The van der Waals surface area contributed by atoms with Crippen molar-refractivity contribution in [2.75, 3.05) is 6.61 Å². The first kappa shape index (κ1) is 24.1. The van der Waals surface area contributed by atoms with E-state index in [1.807, 2.05) is 19.9 Å². The zero-order valence-corrected chi connectivity index (χ0v) is 20.0. The van der Waals surface area contributed by atoms with Crippen LogP contribution in [-0.2, 0) is 4.79 Å². The molecule has 0 spiro atoms. The normalized spacial score (nSPS) is 15.0. The van der Waals surface area contributed by atoms with E-state index < -0.39 is 40.3 Å². The number of carbonyl (C=O) groups excluding carboxylic acids is 1. The van der Waals surface area contributed by atoms with Gasteiger partial charge in [-0.1, -0.05) is 32.0 Å². The highest BCUT2D eigenvalue weighted by molar-refractivity contribution is 5.94. The fourth-order valence-electron chi connectivity index (χ4n) is 4.46. The Morgan fingerprint density at radius 1 is 0.973 bits per heavy atom. The minimum absolute atomic E-state index is 0.0123. The summed E-state index contributed by atoms with van der Waals surface area (Å²) in [6, 6.07) is 12.0. The molecule has 1 unspecified atom stereocenters.